The summed E-state index contributed by atoms with van der Waals surface area (Å²) in [4.78, 5) is 1.46. The first-order valence-corrected chi connectivity index (χ1v) is 10.7. The predicted molar refractivity (Wildman–Crippen MR) is 103 cm³/mol. The Labute approximate surface area is 156 Å². The Morgan fingerprint density at radius 3 is 2.23 bits per heavy atom. The number of hydrogen-bond acceptors (Lipinski definition) is 3. The highest BCUT2D eigenvalue weighted by Gasteiger charge is 2.28. The molecule has 0 saturated carbocycles. The van der Waals surface area contributed by atoms with Gasteiger partial charge >= 0.3 is 0 Å². The fourth-order valence-corrected chi connectivity index (χ4v) is 4.86. The van der Waals surface area contributed by atoms with Gasteiger partial charge in [-0.25, -0.2) is 8.42 Å². The number of nitrogens with one attached hydrogen (secondary N) is 1. The molecular weight excluding hydrogens is 348 g/mol. The minimum Gasteiger partial charge on any atom is -0.497 e. The quantitative estimate of drug-likeness (QED) is 0.785. The van der Waals surface area contributed by atoms with E-state index in [1.54, 1.807) is 11.4 Å². The van der Waals surface area contributed by atoms with E-state index in [9.17, 15) is 8.42 Å². The zero-order chi connectivity index (χ0) is 18.4. The Bertz CT molecular complexity index is 784. The zero-order valence-corrected chi connectivity index (χ0v) is 16.0. The third kappa shape index (κ3) is 5.06. The standard InChI is InChI=1S/C20H26N2O3S/c1-25-20-9-7-18(8-10-20)11-12-21-13-15-22(16-14-21)26(23,24)17-19-5-3-2-4-6-19/h2-10H,11-17H2,1H3/p+1. The third-order valence-corrected chi connectivity index (χ3v) is 6.79. The molecule has 1 N–H and O–H groups in total. The van der Waals surface area contributed by atoms with Crippen molar-refractivity contribution in [2.24, 2.45) is 0 Å². The minimum absolute atomic E-state index is 0.0923. The molecule has 1 saturated heterocycles. The average molecular weight is 376 g/mol. The Hall–Kier alpha value is -1.89. The topological polar surface area (TPSA) is 51.1 Å². The van der Waals surface area contributed by atoms with Gasteiger partial charge in [-0.2, -0.15) is 4.31 Å². The van der Waals surface area contributed by atoms with E-state index in [-0.39, 0.29) is 5.75 Å². The van der Waals surface area contributed by atoms with Crippen LogP contribution in [0.5, 0.6) is 5.75 Å². The molecule has 2 aromatic rings. The molecule has 26 heavy (non-hydrogen) atoms. The van der Waals surface area contributed by atoms with E-state index < -0.39 is 10.0 Å². The summed E-state index contributed by atoms with van der Waals surface area (Å²) in [6, 6.07) is 17.6. The van der Waals surface area contributed by atoms with Crippen molar-refractivity contribution in [1.82, 2.24) is 4.31 Å². The zero-order valence-electron chi connectivity index (χ0n) is 15.2. The van der Waals surface area contributed by atoms with Gasteiger partial charge in [0.15, 0.2) is 0 Å². The average Bonchev–Trinajstić information content (AvgIpc) is 2.67. The van der Waals surface area contributed by atoms with Crippen molar-refractivity contribution in [2.75, 3.05) is 39.8 Å². The molecule has 0 aliphatic carbocycles. The number of benzene rings is 2. The molecule has 1 fully saturated rings. The lowest BCUT2D eigenvalue weighted by atomic mass is 10.1. The fraction of sp³-hybridized carbons (Fsp3) is 0.400. The number of nitrogens with zero attached hydrogens (tertiary/aromatic N) is 1. The van der Waals surface area contributed by atoms with Crippen LogP contribution in [0, 0.1) is 0 Å². The van der Waals surface area contributed by atoms with Gasteiger partial charge in [0.1, 0.15) is 5.75 Å². The van der Waals surface area contributed by atoms with Gasteiger partial charge in [0.2, 0.25) is 10.0 Å². The van der Waals surface area contributed by atoms with Crippen molar-refractivity contribution >= 4 is 10.0 Å². The summed E-state index contributed by atoms with van der Waals surface area (Å²) in [7, 11) is -1.56. The van der Waals surface area contributed by atoms with Crippen molar-refractivity contribution in [3.05, 3.63) is 65.7 Å². The smallest absolute Gasteiger partial charge is 0.218 e. The second-order valence-electron chi connectivity index (χ2n) is 6.74. The first-order valence-electron chi connectivity index (χ1n) is 9.05. The molecule has 2 aromatic carbocycles. The number of sulfonamides is 1. The largest absolute Gasteiger partial charge is 0.497 e. The summed E-state index contributed by atoms with van der Waals surface area (Å²) >= 11 is 0. The number of piperazine rings is 1. The van der Waals surface area contributed by atoms with Crippen molar-refractivity contribution in [3.8, 4) is 5.75 Å². The molecule has 1 aliphatic heterocycles. The number of rotatable bonds is 7. The van der Waals surface area contributed by atoms with E-state index >= 15 is 0 Å². The van der Waals surface area contributed by atoms with E-state index in [0.717, 1.165) is 37.4 Å². The molecule has 5 nitrogen and oxygen atoms in total. The van der Waals surface area contributed by atoms with E-state index in [4.69, 9.17) is 4.74 Å². The minimum atomic E-state index is -3.23. The highest BCUT2D eigenvalue weighted by Crippen LogP contribution is 2.12. The van der Waals surface area contributed by atoms with Crippen LogP contribution in [0.25, 0.3) is 0 Å². The summed E-state index contributed by atoms with van der Waals surface area (Å²) in [5, 5.41) is 0. The van der Waals surface area contributed by atoms with Crippen LogP contribution in [0.4, 0.5) is 0 Å². The molecule has 1 heterocycles. The van der Waals surface area contributed by atoms with Gasteiger partial charge in [-0.1, -0.05) is 42.5 Å². The maximum atomic E-state index is 12.6. The van der Waals surface area contributed by atoms with Crippen LogP contribution in [-0.2, 0) is 22.2 Å². The summed E-state index contributed by atoms with van der Waals surface area (Å²) in [5.41, 5.74) is 2.14. The first kappa shape index (κ1) is 18.9. The monoisotopic (exact) mass is 375 g/mol. The Morgan fingerprint density at radius 1 is 0.962 bits per heavy atom. The fourth-order valence-electron chi connectivity index (χ4n) is 3.32. The van der Waals surface area contributed by atoms with Gasteiger partial charge in [0.05, 0.1) is 45.6 Å². The first-order chi connectivity index (χ1) is 12.6. The highest BCUT2D eigenvalue weighted by molar-refractivity contribution is 7.88. The lowest BCUT2D eigenvalue weighted by Gasteiger charge is -2.31. The Balaban J connectivity index is 1.47. The van der Waals surface area contributed by atoms with E-state index in [1.165, 1.54) is 10.5 Å². The van der Waals surface area contributed by atoms with E-state index in [1.807, 2.05) is 42.5 Å². The van der Waals surface area contributed by atoms with Crippen LogP contribution in [0.15, 0.2) is 54.6 Å². The van der Waals surface area contributed by atoms with Gasteiger partial charge in [-0.05, 0) is 23.3 Å². The second-order valence-corrected chi connectivity index (χ2v) is 8.71. The van der Waals surface area contributed by atoms with Crippen LogP contribution in [-0.4, -0.2) is 52.6 Å². The Kier molecular flexibility index (Phi) is 6.29. The summed E-state index contributed by atoms with van der Waals surface area (Å²) < 4.78 is 32.0. The molecule has 0 amide bonds. The van der Waals surface area contributed by atoms with Crippen molar-refractivity contribution in [3.63, 3.8) is 0 Å². The molecule has 0 atom stereocenters. The van der Waals surface area contributed by atoms with Gasteiger partial charge < -0.3 is 9.64 Å². The van der Waals surface area contributed by atoms with Crippen molar-refractivity contribution < 1.29 is 18.1 Å². The van der Waals surface area contributed by atoms with Gasteiger partial charge in [-0.3, -0.25) is 0 Å². The molecule has 6 heteroatoms. The molecule has 0 spiro atoms. The Morgan fingerprint density at radius 2 is 1.62 bits per heavy atom. The maximum Gasteiger partial charge on any atom is 0.218 e. The number of hydrogen-bond donors (Lipinski definition) is 1. The lowest BCUT2D eigenvalue weighted by molar-refractivity contribution is -0.903. The molecule has 0 bridgehead atoms. The third-order valence-electron chi connectivity index (χ3n) is 4.94. The molecule has 3 rings (SSSR count). The van der Waals surface area contributed by atoms with Crippen LogP contribution in [0.2, 0.25) is 0 Å². The van der Waals surface area contributed by atoms with Crippen LogP contribution < -0.4 is 9.64 Å². The number of ether oxygens (including phenoxy) is 1. The lowest BCUT2D eigenvalue weighted by Crippen LogP contribution is -3.15. The highest BCUT2D eigenvalue weighted by atomic mass is 32.2. The van der Waals surface area contributed by atoms with Gasteiger partial charge in [0.25, 0.3) is 0 Å². The summed E-state index contributed by atoms with van der Waals surface area (Å²) in [5.74, 6) is 0.966. The summed E-state index contributed by atoms with van der Waals surface area (Å²) in [6.07, 6.45) is 0.996. The van der Waals surface area contributed by atoms with Crippen LogP contribution >= 0.6 is 0 Å². The van der Waals surface area contributed by atoms with Crippen LogP contribution in [0.3, 0.4) is 0 Å². The van der Waals surface area contributed by atoms with Crippen LogP contribution in [0.1, 0.15) is 11.1 Å². The molecular formula is C20H27N2O3S+. The number of quaternary nitrogens is 1. The molecule has 140 valence electrons. The van der Waals surface area contributed by atoms with E-state index in [0.29, 0.717) is 13.1 Å². The molecule has 0 radical (unpaired) electrons. The predicted octanol–water partition coefficient (Wildman–Crippen LogP) is 0.968. The second kappa shape index (κ2) is 8.66. The van der Waals surface area contributed by atoms with Gasteiger partial charge in [-0.15, -0.1) is 0 Å². The molecule has 0 unspecified atom stereocenters. The molecule has 0 aromatic heterocycles. The van der Waals surface area contributed by atoms with Gasteiger partial charge in [0, 0.05) is 6.42 Å². The summed E-state index contributed by atoms with van der Waals surface area (Å²) in [6.45, 7) is 3.97. The van der Waals surface area contributed by atoms with Crippen molar-refractivity contribution in [2.45, 2.75) is 12.2 Å². The SMILES string of the molecule is COc1ccc(CC[NH+]2CCN(S(=O)(=O)Cc3ccccc3)CC2)cc1. The molecule has 1 aliphatic rings. The maximum absolute atomic E-state index is 12.6. The van der Waals surface area contributed by atoms with E-state index in [2.05, 4.69) is 12.1 Å². The normalized spacial score (nSPS) is 16.5. The van der Waals surface area contributed by atoms with Crippen molar-refractivity contribution in [1.29, 1.82) is 0 Å². The number of methoxy groups -OCH3 is 1.